The lowest BCUT2D eigenvalue weighted by Crippen LogP contribution is -2.48. The SMILES string of the molecule is Cc1ccc(NC2CC3CC2N(C(=O)c2cc(C)cnc2-c2ncc(F)cn2)C3)nc1. The zero-order valence-electron chi connectivity index (χ0n) is 17.4. The highest BCUT2D eigenvalue weighted by Gasteiger charge is 2.47. The van der Waals surface area contributed by atoms with Crippen LogP contribution in [-0.2, 0) is 0 Å². The van der Waals surface area contributed by atoms with Gasteiger partial charge in [0.15, 0.2) is 11.6 Å². The number of carbonyl (C=O) groups is 1. The molecule has 0 spiro atoms. The maximum atomic E-state index is 13.6. The molecule has 1 N–H and O–H groups in total. The Balaban J connectivity index is 1.42. The zero-order chi connectivity index (χ0) is 21.5. The molecule has 8 heteroatoms. The van der Waals surface area contributed by atoms with Crippen LogP contribution in [0.15, 0.2) is 43.0 Å². The minimum atomic E-state index is -0.528. The van der Waals surface area contributed by atoms with Crippen LogP contribution in [-0.4, -0.2) is 49.4 Å². The Bertz CT molecular complexity index is 1120. The molecule has 7 nitrogen and oxygen atoms in total. The van der Waals surface area contributed by atoms with E-state index in [-0.39, 0.29) is 23.8 Å². The van der Waals surface area contributed by atoms with E-state index in [9.17, 15) is 9.18 Å². The number of halogens is 1. The number of nitrogens with one attached hydrogen (secondary N) is 1. The maximum Gasteiger partial charge on any atom is 0.256 e. The second-order valence-corrected chi connectivity index (χ2v) is 8.47. The summed E-state index contributed by atoms with van der Waals surface area (Å²) in [5.74, 6) is 0.912. The van der Waals surface area contributed by atoms with Gasteiger partial charge < -0.3 is 10.2 Å². The van der Waals surface area contributed by atoms with E-state index in [2.05, 4.69) is 25.3 Å². The van der Waals surface area contributed by atoms with Gasteiger partial charge in [-0.25, -0.2) is 19.3 Å². The van der Waals surface area contributed by atoms with Crippen molar-refractivity contribution in [3.63, 3.8) is 0 Å². The number of piperidine rings is 1. The normalized spacial score (nSPS) is 22.0. The van der Waals surface area contributed by atoms with Crippen molar-refractivity contribution in [3.05, 3.63) is 65.5 Å². The average molecular weight is 418 g/mol. The Morgan fingerprint density at radius 1 is 1.03 bits per heavy atom. The molecule has 1 saturated heterocycles. The molecule has 0 radical (unpaired) electrons. The van der Waals surface area contributed by atoms with Crippen LogP contribution in [0.4, 0.5) is 10.2 Å². The number of aromatic nitrogens is 4. The standard InChI is InChI=1S/C23H23FN6O/c1-13-3-4-20(25-8-13)29-18-6-15-7-19(18)30(12-15)23(31)17-5-14(2)9-26-21(17)22-27-10-16(24)11-28-22/h3-5,8-11,15,18-19H,6-7,12H2,1-2H3,(H,25,29). The van der Waals surface area contributed by atoms with E-state index >= 15 is 0 Å². The highest BCUT2D eigenvalue weighted by molar-refractivity contribution is 5.99. The van der Waals surface area contributed by atoms with E-state index in [1.54, 1.807) is 6.20 Å². The summed E-state index contributed by atoms with van der Waals surface area (Å²) in [6, 6.07) is 6.05. The second kappa shape index (κ2) is 7.68. The van der Waals surface area contributed by atoms with Gasteiger partial charge in [-0.05, 0) is 55.9 Å². The van der Waals surface area contributed by atoms with Crippen LogP contribution >= 0.6 is 0 Å². The molecule has 2 fully saturated rings. The van der Waals surface area contributed by atoms with Crippen LogP contribution in [0, 0.1) is 25.6 Å². The average Bonchev–Trinajstić information content (AvgIpc) is 3.36. The highest BCUT2D eigenvalue weighted by atomic mass is 19.1. The number of pyridine rings is 2. The summed E-state index contributed by atoms with van der Waals surface area (Å²) in [7, 11) is 0. The molecular weight excluding hydrogens is 395 g/mol. The number of hydrogen-bond acceptors (Lipinski definition) is 6. The zero-order valence-corrected chi connectivity index (χ0v) is 17.4. The Kier molecular flexibility index (Phi) is 4.84. The van der Waals surface area contributed by atoms with Crippen molar-refractivity contribution in [2.75, 3.05) is 11.9 Å². The Hall–Kier alpha value is -3.42. The minimum Gasteiger partial charge on any atom is -0.365 e. The first-order valence-electron chi connectivity index (χ1n) is 10.4. The monoisotopic (exact) mass is 418 g/mol. The summed E-state index contributed by atoms with van der Waals surface area (Å²) in [4.78, 5) is 32.5. The van der Waals surface area contributed by atoms with Crippen LogP contribution in [0.3, 0.4) is 0 Å². The smallest absolute Gasteiger partial charge is 0.256 e. The van der Waals surface area contributed by atoms with E-state index in [4.69, 9.17) is 0 Å². The van der Waals surface area contributed by atoms with E-state index in [0.717, 1.165) is 48.7 Å². The lowest BCUT2D eigenvalue weighted by molar-refractivity contribution is 0.0692. The van der Waals surface area contributed by atoms with Gasteiger partial charge in [0.25, 0.3) is 5.91 Å². The molecule has 3 aromatic heterocycles. The molecule has 31 heavy (non-hydrogen) atoms. The van der Waals surface area contributed by atoms with Crippen molar-refractivity contribution in [1.29, 1.82) is 0 Å². The molecule has 2 bridgehead atoms. The Morgan fingerprint density at radius 3 is 2.52 bits per heavy atom. The largest absolute Gasteiger partial charge is 0.365 e. The molecule has 5 rings (SSSR count). The Morgan fingerprint density at radius 2 is 1.81 bits per heavy atom. The van der Waals surface area contributed by atoms with Crippen LogP contribution in [0.2, 0.25) is 0 Å². The third-order valence-corrected chi connectivity index (χ3v) is 6.07. The molecule has 3 atom stereocenters. The molecule has 1 saturated carbocycles. The van der Waals surface area contributed by atoms with E-state index in [1.165, 1.54) is 0 Å². The van der Waals surface area contributed by atoms with Crippen molar-refractivity contribution < 1.29 is 9.18 Å². The number of anilines is 1. The summed E-state index contributed by atoms with van der Waals surface area (Å²) in [5.41, 5.74) is 2.81. The summed E-state index contributed by atoms with van der Waals surface area (Å²) in [6.45, 7) is 4.62. The third-order valence-electron chi connectivity index (χ3n) is 6.07. The summed E-state index contributed by atoms with van der Waals surface area (Å²) in [6.07, 6.45) is 7.67. The van der Waals surface area contributed by atoms with Gasteiger partial charge in [-0.2, -0.15) is 0 Å². The molecule has 0 aromatic carbocycles. The van der Waals surface area contributed by atoms with Crippen molar-refractivity contribution in [2.45, 2.75) is 38.8 Å². The number of aryl methyl sites for hydroxylation is 2. The van der Waals surface area contributed by atoms with Gasteiger partial charge in [-0.15, -0.1) is 0 Å². The van der Waals surface area contributed by atoms with Gasteiger partial charge in [-0.1, -0.05) is 6.07 Å². The van der Waals surface area contributed by atoms with Gasteiger partial charge >= 0.3 is 0 Å². The fourth-order valence-electron chi connectivity index (χ4n) is 4.66. The number of rotatable bonds is 4. The number of nitrogens with zero attached hydrogens (tertiary/aromatic N) is 5. The number of amides is 1. The van der Waals surface area contributed by atoms with Gasteiger partial charge in [0, 0.05) is 25.0 Å². The third kappa shape index (κ3) is 3.73. The molecule has 2 aliphatic rings. The van der Waals surface area contributed by atoms with Crippen LogP contribution in [0.25, 0.3) is 11.5 Å². The van der Waals surface area contributed by atoms with Gasteiger partial charge in [0.2, 0.25) is 0 Å². The van der Waals surface area contributed by atoms with Crippen LogP contribution in [0.1, 0.15) is 34.3 Å². The molecule has 3 aromatic rings. The van der Waals surface area contributed by atoms with Crippen LogP contribution in [0.5, 0.6) is 0 Å². The quantitative estimate of drug-likeness (QED) is 0.699. The molecular formula is C23H23FN6O. The lowest BCUT2D eigenvalue weighted by Gasteiger charge is -2.34. The van der Waals surface area contributed by atoms with Gasteiger partial charge in [0.1, 0.15) is 11.5 Å². The predicted octanol–water partition coefficient (Wildman–Crippen LogP) is 3.40. The molecule has 1 aliphatic carbocycles. The van der Waals surface area contributed by atoms with Crippen molar-refractivity contribution in [3.8, 4) is 11.5 Å². The molecule has 1 amide bonds. The first-order valence-corrected chi connectivity index (χ1v) is 10.4. The number of likely N-dealkylation sites (tertiary alicyclic amines) is 1. The first-order chi connectivity index (χ1) is 15.0. The molecule has 4 heterocycles. The Labute approximate surface area is 179 Å². The number of fused-ring (bicyclic) bond motifs is 2. The number of hydrogen-bond donors (Lipinski definition) is 1. The first kappa shape index (κ1) is 19.5. The van der Waals surface area contributed by atoms with E-state index in [0.29, 0.717) is 17.2 Å². The molecule has 3 unspecified atom stereocenters. The second-order valence-electron chi connectivity index (χ2n) is 8.47. The summed E-state index contributed by atoms with van der Waals surface area (Å²) >= 11 is 0. The minimum absolute atomic E-state index is 0.0862. The van der Waals surface area contributed by atoms with Crippen molar-refractivity contribution in [1.82, 2.24) is 24.8 Å². The van der Waals surface area contributed by atoms with Crippen molar-refractivity contribution >= 4 is 11.7 Å². The fourth-order valence-corrected chi connectivity index (χ4v) is 4.66. The fraction of sp³-hybridized carbons (Fsp3) is 0.348. The highest BCUT2D eigenvalue weighted by Crippen LogP contribution is 2.40. The summed E-state index contributed by atoms with van der Waals surface area (Å²) < 4.78 is 13.3. The van der Waals surface area contributed by atoms with E-state index in [1.807, 2.05) is 43.1 Å². The topological polar surface area (TPSA) is 83.9 Å². The predicted molar refractivity (Wildman–Crippen MR) is 114 cm³/mol. The van der Waals surface area contributed by atoms with Crippen LogP contribution < -0.4 is 5.32 Å². The molecule has 1 aliphatic heterocycles. The maximum absolute atomic E-state index is 13.6. The van der Waals surface area contributed by atoms with Crippen molar-refractivity contribution in [2.24, 2.45) is 5.92 Å². The summed E-state index contributed by atoms with van der Waals surface area (Å²) in [5, 5.41) is 3.51. The molecule has 158 valence electrons. The van der Waals surface area contributed by atoms with E-state index < -0.39 is 5.82 Å². The van der Waals surface area contributed by atoms with Gasteiger partial charge in [0.05, 0.1) is 24.0 Å². The lowest BCUT2D eigenvalue weighted by atomic mass is 10.0. The number of carbonyl (C=O) groups excluding carboxylic acids is 1. The van der Waals surface area contributed by atoms with Gasteiger partial charge in [-0.3, -0.25) is 9.78 Å².